The number of fused-ring (bicyclic) bond motifs is 1. The van der Waals surface area contributed by atoms with Gasteiger partial charge in [-0.15, -0.1) is 0 Å². The first-order valence-electron chi connectivity index (χ1n) is 9.55. The van der Waals surface area contributed by atoms with Gasteiger partial charge in [-0.25, -0.2) is 22.2 Å². The summed E-state index contributed by atoms with van der Waals surface area (Å²) >= 11 is 0. The molecule has 1 aliphatic rings. The molecule has 11 heteroatoms. The van der Waals surface area contributed by atoms with Gasteiger partial charge >= 0.3 is 6.18 Å². The molecule has 0 spiro atoms. The first-order chi connectivity index (χ1) is 14.6. The van der Waals surface area contributed by atoms with Gasteiger partial charge in [0.1, 0.15) is 16.5 Å². The molecule has 1 fully saturated rings. The van der Waals surface area contributed by atoms with E-state index in [1.807, 2.05) is 0 Å². The number of halogens is 5. The van der Waals surface area contributed by atoms with Crippen LogP contribution in [-0.4, -0.2) is 35.4 Å². The topological polar surface area (TPSA) is 55.2 Å². The Morgan fingerprint density at radius 2 is 1.71 bits per heavy atom. The van der Waals surface area contributed by atoms with Gasteiger partial charge in [0.15, 0.2) is 0 Å². The summed E-state index contributed by atoms with van der Waals surface area (Å²) in [5.74, 6) is -3.27. The normalized spacial score (nSPS) is 16.8. The molecule has 2 heterocycles. The minimum atomic E-state index is -4.62. The van der Waals surface area contributed by atoms with E-state index in [2.05, 4.69) is 4.98 Å². The molecule has 0 N–H and O–H groups in total. The van der Waals surface area contributed by atoms with E-state index in [9.17, 15) is 30.4 Å². The van der Waals surface area contributed by atoms with E-state index >= 15 is 0 Å². The molecular weight excluding hydrogens is 441 g/mol. The van der Waals surface area contributed by atoms with Crippen molar-refractivity contribution in [3.05, 3.63) is 59.9 Å². The van der Waals surface area contributed by atoms with Crippen molar-refractivity contribution in [1.82, 2.24) is 13.9 Å². The molecular formula is C20H18F5N3O2S. The Hall–Kier alpha value is -2.53. The number of nitrogens with zero attached hydrogens (tertiary/aromatic N) is 3. The monoisotopic (exact) mass is 459 g/mol. The zero-order valence-electron chi connectivity index (χ0n) is 16.1. The molecule has 0 radical (unpaired) electrons. The highest BCUT2D eigenvalue weighted by molar-refractivity contribution is 7.89. The Kier molecular flexibility index (Phi) is 5.50. The summed E-state index contributed by atoms with van der Waals surface area (Å²) in [7, 11) is -4.17. The van der Waals surface area contributed by atoms with Crippen LogP contribution in [0, 0.1) is 17.6 Å². The van der Waals surface area contributed by atoms with E-state index in [-0.39, 0.29) is 31.1 Å². The third-order valence-electron chi connectivity index (χ3n) is 5.43. The Bertz CT molecular complexity index is 1220. The van der Waals surface area contributed by atoms with Crippen molar-refractivity contribution >= 4 is 21.1 Å². The number of sulfonamides is 1. The first kappa shape index (κ1) is 21.7. The number of benzene rings is 2. The molecule has 0 unspecified atom stereocenters. The fourth-order valence-electron chi connectivity index (χ4n) is 3.89. The molecule has 1 aliphatic heterocycles. The average Bonchev–Trinajstić information content (AvgIpc) is 3.07. The smallest absolute Gasteiger partial charge is 0.320 e. The second-order valence-electron chi connectivity index (χ2n) is 7.45. The molecule has 1 saturated heterocycles. The quantitative estimate of drug-likeness (QED) is 0.543. The number of imidazole rings is 1. The summed E-state index contributed by atoms with van der Waals surface area (Å²) in [6.07, 6.45) is -4.03. The summed E-state index contributed by atoms with van der Waals surface area (Å²) < 4.78 is 95.1. The number of aromatic nitrogens is 2. The second-order valence-corrected chi connectivity index (χ2v) is 9.36. The standard InChI is InChI=1S/C20H18F5N3O2S/c21-14-5-6-18(15(22)11-14)31(29,30)27-9-7-13(8-10-27)12-28-17-4-2-1-3-16(17)26-19(28)20(23,24)25/h1-6,11,13H,7-10,12H2. The molecule has 0 amide bonds. The highest BCUT2D eigenvalue weighted by Crippen LogP contribution is 2.34. The highest BCUT2D eigenvalue weighted by atomic mass is 32.2. The molecule has 2 aromatic carbocycles. The van der Waals surface area contributed by atoms with Crippen molar-refractivity contribution in [2.45, 2.75) is 30.5 Å². The van der Waals surface area contributed by atoms with Gasteiger partial charge in [-0.1, -0.05) is 12.1 Å². The van der Waals surface area contributed by atoms with Crippen LogP contribution in [0.4, 0.5) is 22.0 Å². The van der Waals surface area contributed by atoms with E-state index in [1.165, 1.54) is 6.07 Å². The third-order valence-corrected chi connectivity index (χ3v) is 7.37. The van der Waals surface area contributed by atoms with Crippen LogP contribution in [0.2, 0.25) is 0 Å². The molecule has 0 atom stereocenters. The number of piperidine rings is 1. The van der Waals surface area contributed by atoms with Crippen LogP contribution in [0.15, 0.2) is 47.4 Å². The van der Waals surface area contributed by atoms with E-state index in [4.69, 9.17) is 0 Å². The molecule has 4 rings (SSSR count). The largest absolute Gasteiger partial charge is 0.449 e. The molecule has 31 heavy (non-hydrogen) atoms. The van der Waals surface area contributed by atoms with Gasteiger partial charge < -0.3 is 4.57 Å². The number of rotatable bonds is 4. The lowest BCUT2D eigenvalue weighted by molar-refractivity contribution is -0.147. The maximum absolute atomic E-state index is 14.0. The van der Waals surface area contributed by atoms with Crippen LogP contribution >= 0.6 is 0 Å². The Labute approximate surface area is 175 Å². The fourth-order valence-corrected chi connectivity index (χ4v) is 5.41. The Morgan fingerprint density at radius 3 is 2.35 bits per heavy atom. The lowest BCUT2D eigenvalue weighted by atomic mass is 9.98. The molecule has 3 aromatic rings. The number of hydrogen-bond acceptors (Lipinski definition) is 3. The first-order valence-corrected chi connectivity index (χ1v) is 11.0. The van der Waals surface area contributed by atoms with Crippen LogP contribution in [0.5, 0.6) is 0 Å². The van der Waals surface area contributed by atoms with Gasteiger partial charge in [-0.2, -0.15) is 17.5 Å². The minimum absolute atomic E-state index is 0.0256. The summed E-state index contributed by atoms with van der Waals surface area (Å²) in [6.45, 7) is 0.0871. The van der Waals surface area contributed by atoms with Crippen molar-refractivity contribution in [3.63, 3.8) is 0 Å². The van der Waals surface area contributed by atoms with Gasteiger partial charge in [0, 0.05) is 25.7 Å². The predicted octanol–water partition coefficient (Wildman–Crippen LogP) is 4.43. The predicted molar refractivity (Wildman–Crippen MR) is 103 cm³/mol. The maximum atomic E-state index is 14.0. The highest BCUT2D eigenvalue weighted by Gasteiger charge is 2.39. The lowest BCUT2D eigenvalue weighted by Gasteiger charge is -2.31. The fraction of sp³-hybridized carbons (Fsp3) is 0.350. The number of para-hydroxylation sites is 2. The summed E-state index contributed by atoms with van der Waals surface area (Å²) in [6, 6.07) is 8.56. The maximum Gasteiger partial charge on any atom is 0.449 e. The Balaban J connectivity index is 1.53. The van der Waals surface area contributed by atoms with Crippen LogP contribution in [0.1, 0.15) is 18.7 Å². The average molecular weight is 459 g/mol. The molecule has 0 saturated carbocycles. The summed E-state index contributed by atoms with van der Waals surface area (Å²) in [5, 5.41) is 0. The van der Waals surface area contributed by atoms with Crippen LogP contribution < -0.4 is 0 Å². The SMILES string of the molecule is O=S(=O)(c1ccc(F)cc1F)N1CCC(Cn2c(C(F)(F)F)nc3ccccc32)CC1. The van der Waals surface area contributed by atoms with Gasteiger partial charge in [0.2, 0.25) is 15.8 Å². The summed E-state index contributed by atoms with van der Waals surface area (Å²) in [4.78, 5) is 3.10. The van der Waals surface area contributed by atoms with Crippen molar-refractivity contribution in [2.75, 3.05) is 13.1 Å². The van der Waals surface area contributed by atoms with Crippen molar-refractivity contribution < 1.29 is 30.4 Å². The summed E-state index contributed by atoms with van der Waals surface area (Å²) in [5.41, 5.74) is 0.597. The molecule has 0 bridgehead atoms. The lowest BCUT2D eigenvalue weighted by Crippen LogP contribution is -2.39. The molecule has 0 aliphatic carbocycles. The van der Waals surface area contributed by atoms with Gasteiger partial charge in [0.25, 0.3) is 0 Å². The van der Waals surface area contributed by atoms with E-state index < -0.39 is 38.6 Å². The second kappa shape index (κ2) is 7.86. The molecule has 1 aromatic heterocycles. The van der Waals surface area contributed by atoms with Gasteiger partial charge in [-0.3, -0.25) is 0 Å². The van der Waals surface area contributed by atoms with Crippen LogP contribution in [0.3, 0.4) is 0 Å². The Morgan fingerprint density at radius 1 is 1.03 bits per heavy atom. The number of hydrogen-bond donors (Lipinski definition) is 0. The zero-order chi connectivity index (χ0) is 22.4. The van der Waals surface area contributed by atoms with Crippen molar-refractivity contribution in [1.29, 1.82) is 0 Å². The van der Waals surface area contributed by atoms with E-state index in [0.29, 0.717) is 24.4 Å². The molecule has 166 valence electrons. The van der Waals surface area contributed by atoms with Crippen LogP contribution in [0.25, 0.3) is 11.0 Å². The third kappa shape index (κ3) is 4.16. The van der Waals surface area contributed by atoms with E-state index in [0.717, 1.165) is 21.0 Å². The van der Waals surface area contributed by atoms with Gasteiger partial charge in [-0.05, 0) is 43.0 Å². The molecule has 5 nitrogen and oxygen atoms in total. The minimum Gasteiger partial charge on any atom is -0.320 e. The van der Waals surface area contributed by atoms with Crippen LogP contribution in [-0.2, 0) is 22.7 Å². The van der Waals surface area contributed by atoms with Crippen molar-refractivity contribution in [3.8, 4) is 0 Å². The van der Waals surface area contributed by atoms with E-state index in [1.54, 1.807) is 18.2 Å². The van der Waals surface area contributed by atoms with Crippen molar-refractivity contribution in [2.24, 2.45) is 5.92 Å². The zero-order valence-corrected chi connectivity index (χ0v) is 16.9. The van der Waals surface area contributed by atoms with Gasteiger partial charge in [0.05, 0.1) is 11.0 Å². The number of alkyl halides is 3.